The van der Waals surface area contributed by atoms with Crippen molar-refractivity contribution in [3.05, 3.63) is 36.5 Å². The molecule has 0 aliphatic rings. The minimum atomic E-state index is -1.63. The molecular formula is C32H46N10O10S. The van der Waals surface area contributed by atoms with Crippen molar-refractivity contribution in [1.82, 2.24) is 31.6 Å². The van der Waals surface area contributed by atoms with Crippen LogP contribution in [-0.4, -0.2) is 123 Å². The maximum atomic E-state index is 13.4. The molecule has 1 heterocycles. The lowest BCUT2D eigenvalue weighted by atomic mass is 10.1. The highest BCUT2D eigenvalue weighted by Crippen LogP contribution is 2.17. The molecule has 1 aromatic carbocycles. The van der Waals surface area contributed by atoms with E-state index in [0.717, 1.165) is 5.39 Å². The van der Waals surface area contributed by atoms with Gasteiger partial charge in [-0.2, -0.15) is 11.8 Å². The number of urea groups is 1. The highest BCUT2D eigenvalue weighted by molar-refractivity contribution is 7.98. The summed E-state index contributed by atoms with van der Waals surface area (Å²) in [5, 5.41) is 43.6. The summed E-state index contributed by atoms with van der Waals surface area (Å²) < 4.78 is 0. The number of amides is 6. The molecule has 2 aromatic rings. The van der Waals surface area contributed by atoms with E-state index in [2.05, 4.69) is 41.9 Å². The van der Waals surface area contributed by atoms with Crippen molar-refractivity contribution in [2.45, 2.75) is 69.3 Å². The molecule has 2 rings (SSSR count). The number of aromatic nitrogens is 1. The maximum Gasteiger partial charge on any atom is 0.328 e. The Kier molecular flexibility index (Phi) is 18.3. The first kappa shape index (κ1) is 43.5. The summed E-state index contributed by atoms with van der Waals surface area (Å²) >= 11 is 1.36. The van der Waals surface area contributed by atoms with E-state index in [-0.39, 0.29) is 38.2 Å². The average molecular weight is 763 g/mol. The molecule has 21 heteroatoms. The Bertz CT molecular complexity index is 1640. The number of fused-ring (bicyclic) bond motifs is 1. The van der Waals surface area contributed by atoms with Gasteiger partial charge in [-0.05, 0) is 62.8 Å². The molecule has 0 radical (unpaired) electrons. The van der Waals surface area contributed by atoms with Gasteiger partial charge in [-0.25, -0.2) is 9.59 Å². The van der Waals surface area contributed by atoms with Crippen molar-refractivity contribution in [2.75, 3.05) is 30.4 Å². The molecule has 20 nitrogen and oxygen atoms in total. The largest absolute Gasteiger partial charge is 0.481 e. The molecule has 0 bridgehead atoms. The van der Waals surface area contributed by atoms with Crippen LogP contribution in [0.3, 0.4) is 0 Å². The fraction of sp³-hybridized carbons (Fsp3) is 0.469. The van der Waals surface area contributed by atoms with Crippen LogP contribution in [0.2, 0.25) is 0 Å². The zero-order valence-corrected chi connectivity index (χ0v) is 30.0. The van der Waals surface area contributed by atoms with E-state index in [1.54, 1.807) is 36.7 Å². The summed E-state index contributed by atoms with van der Waals surface area (Å²) in [6.07, 6.45) is 1.29. The number of pyridine rings is 1. The van der Waals surface area contributed by atoms with Gasteiger partial charge >= 0.3 is 18.0 Å². The van der Waals surface area contributed by atoms with Crippen molar-refractivity contribution in [1.29, 1.82) is 0 Å². The molecule has 0 aliphatic carbocycles. The van der Waals surface area contributed by atoms with E-state index < -0.39 is 84.8 Å². The van der Waals surface area contributed by atoms with Gasteiger partial charge in [-0.1, -0.05) is 12.1 Å². The number of carbonyl (C=O) groups is 7. The van der Waals surface area contributed by atoms with Crippen LogP contribution in [0.15, 0.2) is 41.5 Å². The van der Waals surface area contributed by atoms with Gasteiger partial charge in [-0.3, -0.25) is 33.9 Å². The monoisotopic (exact) mass is 762 g/mol. The van der Waals surface area contributed by atoms with Crippen LogP contribution in [0.25, 0.3) is 10.9 Å². The molecule has 0 fully saturated rings. The molecule has 0 saturated heterocycles. The van der Waals surface area contributed by atoms with Crippen LogP contribution in [-0.2, 0) is 28.8 Å². The highest BCUT2D eigenvalue weighted by atomic mass is 32.2. The molecule has 0 aliphatic heterocycles. The van der Waals surface area contributed by atoms with Gasteiger partial charge in [0.15, 0.2) is 12.0 Å². The number of hydrogen-bond donors (Lipinski definition) is 11. The Hall–Kier alpha value is -5.70. The number of carbonyl (C=O) groups excluding carboxylic acids is 5. The number of rotatable bonds is 22. The minimum Gasteiger partial charge on any atom is -0.481 e. The van der Waals surface area contributed by atoms with Gasteiger partial charge in [-0.15, -0.1) is 0 Å². The quantitative estimate of drug-likeness (QED) is 0.0367. The van der Waals surface area contributed by atoms with E-state index in [9.17, 15) is 48.9 Å². The summed E-state index contributed by atoms with van der Waals surface area (Å²) in [5.41, 5.74) is 11.7. The Morgan fingerprint density at radius 3 is 2.21 bits per heavy atom. The van der Waals surface area contributed by atoms with Gasteiger partial charge in [0.2, 0.25) is 23.6 Å². The van der Waals surface area contributed by atoms with Gasteiger partial charge in [0.05, 0.1) is 18.2 Å². The number of aliphatic hydroxyl groups is 1. The van der Waals surface area contributed by atoms with Gasteiger partial charge in [0.1, 0.15) is 18.1 Å². The lowest BCUT2D eigenvalue weighted by Crippen LogP contribution is -2.57. The molecule has 1 aromatic heterocycles. The van der Waals surface area contributed by atoms with Gasteiger partial charge in [0, 0.05) is 30.2 Å². The van der Waals surface area contributed by atoms with E-state index in [4.69, 9.17) is 11.5 Å². The lowest BCUT2D eigenvalue weighted by molar-refractivity contribution is -0.145. The number of aliphatic imine (C=N–C) groups is 1. The predicted octanol–water partition coefficient (Wildman–Crippen LogP) is -1.57. The first-order valence-electron chi connectivity index (χ1n) is 16.4. The SMILES string of the molecule is CSCC[C@H](NC(=O)CNC(=O)[C@H](CCCN=C(N)N)NC(=O)[C@H](CCC(=O)O)NC(=O)Nc1ccc2cccnc2c1)C(=O)N[C@H](C(=O)O)[C@@H](C)O. The average Bonchev–Trinajstić information content (AvgIpc) is 3.10. The number of aliphatic hydroxyl groups excluding tert-OH is 1. The topological polar surface area (TPSA) is 330 Å². The number of guanidine groups is 1. The Morgan fingerprint density at radius 1 is 0.887 bits per heavy atom. The van der Waals surface area contributed by atoms with Crippen molar-refractivity contribution < 1.29 is 48.9 Å². The third-order valence-electron chi connectivity index (χ3n) is 7.44. The van der Waals surface area contributed by atoms with Crippen molar-refractivity contribution in [3.8, 4) is 0 Å². The molecule has 13 N–H and O–H groups in total. The number of anilines is 1. The zero-order valence-electron chi connectivity index (χ0n) is 29.2. The third-order valence-corrected chi connectivity index (χ3v) is 8.09. The Morgan fingerprint density at radius 2 is 1.57 bits per heavy atom. The molecular weight excluding hydrogens is 716 g/mol. The lowest BCUT2D eigenvalue weighted by Gasteiger charge is -2.24. The number of nitrogens with zero attached hydrogens (tertiary/aromatic N) is 2. The van der Waals surface area contributed by atoms with Crippen LogP contribution in [0, 0.1) is 0 Å². The van der Waals surface area contributed by atoms with Crippen LogP contribution in [0.4, 0.5) is 10.5 Å². The van der Waals surface area contributed by atoms with Crippen LogP contribution in [0.1, 0.15) is 39.0 Å². The fourth-order valence-electron chi connectivity index (χ4n) is 4.73. The second kappa shape index (κ2) is 22.3. The van der Waals surface area contributed by atoms with Gasteiger partial charge in [0.25, 0.3) is 0 Å². The summed E-state index contributed by atoms with van der Waals surface area (Å²) in [7, 11) is 0. The number of nitrogens with two attached hydrogens (primary N) is 2. The van der Waals surface area contributed by atoms with E-state index in [1.807, 2.05) is 6.07 Å². The summed E-state index contributed by atoms with van der Waals surface area (Å²) in [5.74, 6) is -5.95. The summed E-state index contributed by atoms with van der Waals surface area (Å²) in [6.45, 7) is 0.590. The van der Waals surface area contributed by atoms with Crippen LogP contribution < -0.4 is 43.4 Å². The third kappa shape index (κ3) is 16.0. The Labute approximate surface area is 308 Å². The first-order chi connectivity index (χ1) is 25.1. The molecule has 290 valence electrons. The highest BCUT2D eigenvalue weighted by Gasteiger charge is 2.30. The number of nitrogens with one attached hydrogen (secondary N) is 6. The molecule has 6 amide bonds. The number of carboxylic acid groups (broad SMARTS) is 2. The normalized spacial score (nSPS) is 13.6. The second-order valence-corrected chi connectivity index (χ2v) is 12.7. The predicted molar refractivity (Wildman–Crippen MR) is 196 cm³/mol. The smallest absolute Gasteiger partial charge is 0.328 e. The number of thioether (sulfide) groups is 1. The molecule has 0 spiro atoms. The zero-order chi connectivity index (χ0) is 39.5. The number of carboxylic acids is 2. The minimum absolute atomic E-state index is 0.0490. The number of benzene rings is 1. The molecule has 0 saturated carbocycles. The molecule has 0 unspecified atom stereocenters. The van der Waals surface area contributed by atoms with Crippen molar-refractivity contribution in [2.24, 2.45) is 16.5 Å². The van der Waals surface area contributed by atoms with E-state index in [0.29, 0.717) is 17.0 Å². The van der Waals surface area contributed by atoms with Gasteiger partial charge < -0.3 is 58.7 Å². The molecule has 5 atom stereocenters. The van der Waals surface area contributed by atoms with E-state index >= 15 is 0 Å². The summed E-state index contributed by atoms with van der Waals surface area (Å²) in [6, 6.07) is 2.13. The maximum absolute atomic E-state index is 13.4. The fourth-order valence-corrected chi connectivity index (χ4v) is 5.21. The number of aliphatic carboxylic acids is 2. The van der Waals surface area contributed by atoms with E-state index in [1.165, 1.54) is 18.7 Å². The second-order valence-electron chi connectivity index (χ2n) is 11.7. The van der Waals surface area contributed by atoms with Crippen molar-refractivity contribution in [3.63, 3.8) is 0 Å². The number of hydrogen-bond acceptors (Lipinski definition) is 11. The Balaban J connectivity index is 2.15. The molecule has 53 heavy (non-hydrogen) atoms. The summed E-state index contributed by atoms with van der Waals surface area (Å²) in [4.78, 5) is 96.1. The first-order valence-corrected chi connectivity index (χ1v) is 17.8. The van der Waals surface area contributed by atoms with Crippen LogP contribution >= 0.6 is 11.8 Å². The van der Waals surface area contributed by atoms with Crippen LogP contribution in [0.5, 0.6) is 0 Å². The van der Waals surface area contributed by atoms with Crippen molar-refractivity contribution >= 4 is 75.9 Å². The standard InChI is InChI=1S/C32H46N10O10S/c1-17(43)26(30(50)51)42-29(49)22(11-14-53-2)39-24(44)16-37-27(47)20(6-4-13-36-31(33)34)40-28(48)21(9-10-25(45)46)41-32(52)38-19-8-7-18-5-3-12-35-23(18)15-19/h3,5,7-8,12,15,17,20-22,26,43H,4,6,9-11,13-14,16H2,1-2H3,(H,37,47)(H,39,44)(H,40,48)(H,42,49)(H,45,46)(H,50,51)(H4,33,34,36)(H2,38,41,52)/t17-,20+,21+,22+,26+/m1/s1.